The van der Waals surface area contributed by atoms with Crippen LogP contribution in [0.3, 0.4) is 0 Å². The number of hydrogen-bond acceptors (Lipinski definition) is 3. The van der Waals surface area contributed by atoms with Crippen LogP contribution in [0.25, 0.3) is 0 Å². The molecule has 0 aromatic rings. The molecular weight excluding hydrogens is 94.0 g/mol. The van der Waals surface area contributed by atoms with E-state index in [4.69, 9.17) is 15.2 Å². The first-order valence-electron chi connectivity index (χ1n) is 2.31. The SMILES string of the molecule is CC1OC1OCN. The van der Waals surface area contributed by atoms with Crippen molar-refractivity contribution in [1.82, 2.24) is 0 Å². The van der Waals surface area contributed by atoms with Crippen LogP contribution in [-0.4, -0.2) is 19.1 Å². The molecule has 0 aromatic carbocycles. The molecule has 0 aliphatic carbocycles. The number of ether oxygens (including phenoxy) is 2. The Morgan fingerprint density at radius 3 is 2.57 bits per heavy atom. The molecule has 0 spiro atoms. The predicted octanol–water partition coefficient (Wildman–Crippen LogP) is -0.336. The monoisotopic (exact) mass is 103 g/mol. The van der Waals surface area contributed by atoms with Crippen LogP contribution in [0.1, 0.15) is 6.92 Å². The molecule has 3 heteroatoms. The van der Waals surface area contributed by atoms with Crippen molar-refractivity contribution in [1.29, 1.82) is 0 Å². The Morgan fingerprint density at radius 1 is 1.86 bits per heavy atom. The van der Waals surface area contributed by atoms with E-state index in [2.05, 4.69) is 0 Å². The third-order valence-electron chi connectivity index (χ3n) is 0.916. The first kappa shape index (κ1) is 5.03. The second-order valence-corrected chi connectivity index (χ2v) is 1.54. The van der Waals surface area contributed by atoms with Crippen LogP contribution in [0.15, 0.2) is 0 Å². The number of epoxide rings is 1. The lowest BCUT2D eigenvalue weighted by Crippen LogP contribution is -2.07. The maximum absolute atomic E-state index is 5.03. The van der Waals surface area contributed by atoms with Crippen LogP contribution in [0.4, 0.5) is 0 Å². The lowest BCUT2D eigenvalue weighted by Gasteiger charge is -1.88. The summed E-state index contributed by atoms with van der Waals surface area (Å²) in [6.07, 6.45) is 0.258. The van der Waals surface area contributed by atoms with E-state index < -0.39 is 0 Å². The van der Waals surface area contributed by atoms with Gasteiger partial charge in [0.1, 0.15) is 6.10 Å². The van der Waals surface area contributed by atoms with E-state index in [9.17, 15) is 0 Å². The topological polar surface area (TPSA) is 47.8 Å². The average Bonchev–Trinajstić information content (AvgIpc) is 2.22. The van der Waals surface area contributed by atoms with Gasteiger partial charge < -0.3 is 15.2 Å². The molecule has 1 aliphatic heterocycles. The van der Waals surface area contributed by atoms with E-state index in [0.717, 1.165) is 0 Å². The van der Waals surface area contributed by atoms with E-state index in [0.29, 0.717) is 0 Å². The van der Waals surface area contributed by atoms with Crippen molar-refractivity contribution >= 4 is 0 Å². The van der Waals surface area contributed by atoms with E-state index in [-0.39, 0.29) is 19.1 Å². The summed E-state index contributed by atoms with van der Waals surface area (Å²) >= 11 is 0. The first-order chi connectivity index (χ1) is 3.34. The maximum Gasteiger partial charge on any atom is 0.185 e. The minimum atomic E-state index is -0.00926. The number of rotatable bonds is 2. The van der Waals surface area contributed by atoms with Gasteiger partial charge in [0.2, 0.25) is 0 Å². The number of nitrogens with two attached hydrogens (primary N) is 1. The van der Waals surface area contributed by atoms with Crippen molar-refractivity contribution in [2.45, 2.75) is 19.3 Å². The highest BCUT2D eigenvalue weighted by molar-refractivity contribution is 4.69. The molecule has 1 fully saturated rings. The highest BCUT2D eigenvalue weighted by Gasteiger charge is 2.34. The molecule has 0 amide bonds. The first-order valence-corrected chi connectivity index (χ1v) is 2.31. The van der Waals surface area contributed by atoms with E-state index in [1.807, 2.05) is 6.92 Å². The van der Waals surface area contributed by atoms with Crippen molar-refractivity contribution in [2.24, 2.45) is 5.73 Å². The van der Waals surface area contributed by atoms with Gasteiger partial charge in [-0.25, -0.2) is 0 Å². The molecule has 2 N–H and O–H groups in total. The van der Waals surface area contributed by atoms with Gasteiger partial charge in [-0.2, -0.15) is 0 Å². The van der Waals surface area contributed by atoms with Gasteiger partial charge >= 0.3 is 0 Å². The molecule has 0 saturated carbocycles. The largest absolute Gasteiger partial charge is 0.342 e. The lowest BCUT2D eigenvalue weighted by atomic mass is 10.5. The summed E-state index contributed by atoms with van der Waals surface area (Å²) in [6, 6.07) is 0. The molecular formula is C4H9NO2. The Labute approximate surface area is 42.4 Å². The average molecular weight is 103 g/mol. The van der Waals surface area contributed by atoms with Crippen LogP contribution < -0.4 is 5.73 Å². The standard InChI is InChI=1S/C4H9NO2/c1-3-4(7-3)6-2-5/h3-4H,2,5H2,1H3. The van der Waals surface area contributed by atoms with Gasteiger partial charge in [-0.05, 0) is 6.92 Å². The molecule has 2 atom stereocenters. The summed E-state index contributed by atoms with van der Waals surface area (Å²) in [5.41, 5.74) is 5.03. The molecule has 42 valence electrons. The number of hydrogen-bond donors (Lipinski definition) is 1. The van der Waals surface area contributed by atoms with E-state index in [1.54, 1.807) is 0 Å². The Morgan fingerprint density at radius 2 is 2.43 bits per heavy atom. The predicted molar refractivity (Wildman–Crippen MR) is 24.5 cm³/mol. The van der Waals surface area contributed by atoms with Crippen molar-refractivity contribution in [3.8, 4) is 0 Å². The van der Waals surface area contributed by atoms with Gasteiger partial charge in [0.15, 0.2) is 6.29 Å². The smallest absolute Gasteiger partial charge is 0.185 e. The second-order valence-electron chi connectivity index (χ2n) is 1.54. The molecule has 0 bridgehead atoms. The van der Waals surface area contributed by atoms with Crippen molar-refractivity contribution in [3.05, 3.63) is 0 Å². The van der Waals surface area contributed by atoms with Gasteiger partial charge in [0, 0.05) is 0 Å². The van der Waals surface area contributed by atoms with Crippen molar-refractivity contribution in [2.75, 3.05) is 6.73 Å². The zero-order chi connectivity index (χ0) is 5.28. The molecule has 1 rings (SSSR count). The molecule has 1 heterocycles. The summed E-state index contributed by atoms with van der Waals surface area (Å²) in [4.78, 5) is 0. The van der Waals surface area contributed by atoms with Crippen LogP contribution in [0.5, 0.6) is 0 Å². The minimum absolute atomic E-state index is 0.00926. The third-order valence-corrected chi connectivity index (χ3v) is 0.916. The van der Waals surface area contributed by atoms with Crippen molar-refractivity contribution in [3.63, 3.8) is 0 Å². The molecule has 0 aromatic heterocycles. The van der Waals surface area contributed by atoms with E-state index >= 15 is 0 Å². The maximum atomic E-state index is 5.03. The minimum Gasteiger partial charge on any atom is -0.342 e. The Hall–Kier alpha value is -0.120. The fourth-order valence-corrected chi connectivity index (χ4v) is 0.436. The Balaban J connectivity index is 1.98. The van der Waals surface area contributed by atoms with Gasteiger partial charge in [0.05, 0.1) is 6.73 Å². The molecule has 1 aliphatic rings. The fraction of sp³-hybridized carbons (Fsp3) is 1.00. The van der Waals surface area contributed by atoms with E-state index in [1.165, 1.54) is 0 Å². The van der Waals surface area contributed by atoms with Gasteiger partial charge in [-0.1, -0.05) is 0 Å². The summed E-state index contributed by atoms with van der Waals surface area (Å²) in [5.74, 6) is 0. The summed E-state index contributed by atoms with van der Waals surface area (Å²) in [6.45, 7) is 2.20. The second kappa shape index (κ2) is 1.78. The third kappa shape index (κ3) is 1.12. The Kier molecular flexibility index (Phi) is 1.27. The molecule has 0 radical (unpaired) electrons. The normalized spacial score (nSPS) is 38.6. The van der Waals surface area contributed by atoms with Crippen molar-refractivity contribution < 1.29 is 9.47 Å². The lowest BCUT2D eigenvalue weighted by molar-refractivity contribution is 0.0547. The highest BCUT2D eigenvalue weighted by Crippen LogP contribution is 2.20. The van der Waals surface area contributed by atoms with Gasteiger partial charge in [-0.3, -0.25) is 0 Å². The zero-order valence-corrected chi connectivity index (χ0v) is 4.26. The molecule has 7 heavy (non-hydrogen) atoms. The molecule has 2 unspecified atom stereocenters. The van der Waals surface area contributed by atoms with Crippen LogP contribution in [-0.2, 0) is 9.47 Å². The van der Waals surface area contributed by atoms with Crippen LogP contribution in [0.2, 0.25) is 0 Å². The quantitative estimate of drug-likeness (QED) is 0.384. The van der Waals surface area contributed by atoms with Gasteiger partial charge in [-0.15, -0.1) is 0 Å². The summed E-state index contributed by atoms with van der Waals surface area (Å²) in [7, 11) is 0. The Bertz CT molecular complexity index is 66.7. The molecule has 1 saturated heterocycles. The fourth-order valence-electron chi connectivity index (χ4n) is 0.436. The zero-order valence-electron chi connectivity index (χ0n) is 4.26. The highest BCUT2D eigenvalue weighted by atomic mass is 16.8. The van der Waals surface area contributed by atoms with Gasteiger partial charge in [0.25, 0.3) is 0 Å². The summed E-state index contributed by atoms with van der Waals surface area (Å²) < 4.78 is 9.68. The van der Waals surface area contributed by atoms with Crippen LogP contribution in [0, 0.1) is 0 Å². The molecule has 3 nitrogen and oxygen atoms in total. The van der Waals surface area contributed by atoms with Crippen LogP contribution >= 0.6 is 0 Å². The summed E-state index contributed by atoms with van der Waals surface area (Å²) in [5, 5.41) is 0.